The number of likely N-dealkylation sites (N-methyl/N-ethyl adjacent to an activating group) is 1. The van der Waals surface area contributed by atoms with E-state index >= 15 is 0 Å². The molecule has 1 aliphatic carbocycles. The lowest BCUT2D eigenvalue weighted by Gasteiger charge is -2.14. The quantitative estimate of drug-likeness (QED) is 0.795. The highest BCUT2D eigenvalue weighted by atomic mass is 16.2. The molecule has 0 radical (unpaired) electrons. The minimum atomic E-state index is 0.0762. The Morgan fingerprint density at radius 2 is 2.18 bits per heavy atom. The number of carbonyl (C=O) groups is 2. The Kier molecular flexibility index (Phi) is 3.31. The van der Waals surface area contributed by atoms with Crippen LogP contribution < -0.4 is 0 Å². The van der Waals surface area contributed by atoms with Gasteiger partial charge in [-0.25, -0.2) is 0 Å². The Morgan fingerprint density at radius 1 is 1.41 bits per heavy atom. The van der Waals surface area contributed by atoms with Crippen LogP contribution in [0.15, 0.2) is 12.4 Å². The van der Waals surface area contributed by atoms with E-state index in [4.69, 9.17) is 0 Å². The number of hydrogen-bond donors (Lipinski definition) is 0. The van der Waals surface area contributed by atoms with E-state index < -0.39 is 0 Å². The molecule has 0 atom stereocenters. The lowest BCUT2D eigenvalue weighted by Crippen LogP contribution is -2.29. The number of nitrogens with zero attached hydrogens (tertiary/aromatic N) is 2. The molecule has 0 bridgehead atoms. The van der Waals surface area contributed by atoms with E-state index in [9.17, 15) is 9.59 Å². The summed E-state index contributed by atoms with van der Waals surface area (Å²) in [6.45, 7) is 2.98. The Labute approximate surface area is 101 Å². The van der Waals surface area contributed by atoms with Crippen molar-refractivity contribution in [3.63, 3.8) is 0 Å². The van der Waals surface area contributed by atoms with E-state index in [2.05, 4.69) is 0 Å². The molecule has 1 amide bonds. The largest absolute Gasteiger partial charge is 0.344 e. The maximum Gasteiger partial charge on any atom is 0.242 e. The molecule has 0 fully saturated rings. The van der Waals surface area contributed by atoms with Gasteiger partial charge in [0.15, 0.2) is 5.78 Å². The molecule has 17 heavy (non-hydrogen) atoms. The number of Topliss-reactive ketones (excluding diaryl/α,β-unsaturated/α-hetero) is 1. The fourth-order valence-corrected chi connectivity index (χ4v) is 2.12. The van der Waals surface area contributed by atoms with Crippen LogP contribution in [0.2, 0.25) is 0 Å². The van der Waals surface area contributed by atoms with Gasteiger partial charge in [-0.15, -0.1) is 0 Å². The molecule has 0 aromatic carbocycles. The zero-order valence-corrected chi connectivity index (χ0v) is 10.4. The van der Waals surface area contributed by atoms with Crippen molar-refractivity contribution in [1.82, 2.24) is 9.47 Å². The van der Waals surface area contributed by atoms with Crippen molar-refractivity contribution < 1.29 is 9.59 Å². The van der Waals surface area contributed by atoms with Gasteiger partial charge >= 0.3 is 0 Å². The van der Waals surface area contributed by atoms with Crippen LogP contribution in [0.25, 0.3) is 0 Å². The number of amides is 1. The zero-order valence-electron chi connectivity index (χ0n) is 10.4. The summed E-state index contributed by atoms with van der Waals surface area (Å²) >= 11 is 0. The predicted octanol–water partition coefficient (Wildman–Crippen LogP) is 1.49. The topological polar surface area (TPSA) is 42.3 Å². The van der Waals surface area contributed by atoms with Crippen LogP contribution in [0, 0.1) is 0 Å². The Bertz CT molecular complexity index is 448. The van der Waals surface area contributed by atoms with Crippen molar-refractivity contribution in [2.24, 2.45) is 0 Å². The number of ketones is 1. The summed E-state index contributed by atoms with van der Waals surface area (Å²) < 4.78 is 1.84. The maximum absolute atomic E-state index is 11.8. The first-order valence-corrected chi connectivity index (χ1v) is 6.07. The fourth-order valence-electron chi connectivity index (χ4n) is 2.12. The molecule has 4 nitrogen and oxygen atoms in total. The number of aromatic nitrogens is 1. The Hall–Kier alpha value is -1.58. The molecule has 92 valence electrons. The molecular weight excluding hydrogens is 216 g/mol. The Morgan fingerprint density at radius 3 is 2.82 bits per heavy atom. The number of rotatable bonds is 3. The van der Waals surface area contributed by atoms with Crippen LogP contribution in [0.1, 0.15) is 35.7 Å². The summed E-state index contributed by atoms with van der Waals surface area (Å²) in [4.78, 5) is 25.1. The molecule has 0 N–H and O–H groups in total. The molecule has 0 spiro atoms. The molecular formula is C13H18N2O2. The molecule has 1 aromatic rings. The second-order valence-electron chi connectivity index (χ2n) is 4.55. The summed E-state index contributed by atoms with van der Waals surface area (Å²) in [5, 5.41) is 0. The van der Waals surface area contributed by atoms with E-state index in [-0.39, 0.29) is 11.7 Å². The average molecular weight is 234 g/mol. The van der Waals surface area contributed by atoms with Gasteiger partial charge in [0.1, 0.15) is 6.54 Å². The number of aryl methyl sites for hydroxylation is 1. The third kappa shape index (κ3) is 2.40. The molecule has 0 saturated carbocycles. The number of hydrogen-bond acceptors (Lipinski definition) is 2. The van der Waals surface area contributed by atoms with Gasteiger partial charge < -0.3 is 9.47 Å². The maximum atomic E-state index is 11.8. The lowest BCUT2D eigenvalue weighted by atomic mass is 9.95. The fraction of sp³-hybridized carbons (Fsp3) is 0.538. The third-order valence-electron chi connectivity index (χ3n) is 3.33. The lowest BCUT2D eigenvalue weighted by molar-refractivity contribution is -0.130. The summed E-state index contributed by atoms with van der Waals surface area (Å²) in [7, 11) is 1.79. The standard InChI is InChI=1S/C13H18N2O2/c1-3-14(2)13(17)9-15-7-10-5-4-6-12(16)11(10)8-15/h7-8H,3-6,9H2,1-2H3. The van der Waals surface area contributed by atoms with Crippen LogP contribution in [0.3, 0.4) is 0 Å². The van der Waals surface area contributed by atoms with Crippen LogP contribution in [-0.2, 0) is 17.8 Å². The number of fused-ring (bicyclic) bond motifs is 1. The van der Waals surface area contributed by atoms with Crippen molar-refractivity contribution in [2.75, 3.05) is 13.6 Å². The molecule has 1 heterocycles. The van der Waals surface area contributed by atoms with Gasteiger partial charge in [-0.1, -0.05) is 0 Å². The normalized spacial score (nSPS) is 14.6. The van der Waals surface area contributed by atoms with Crippen LogP contribution in [-0.4, -0.2) is 34.7 Å². The second kappa shape index (κ2) is 4.73. The summed E-state index contributed by atoms with van der Waals surface area (Å²) in [6, 6.07) is 0. The predicted molar refractivity (Wildman–Crippen MR) is 65.0 cm³/mol. The third-order valence-corrected chi connectivity index (χ3v) is 3.33. The van der Waals surface area contributed by atoms with E-state index in [1.807, 2.05) is 23.9 Å². The van der Waals surface area contributed by atoms with Crippen LogP contribution in [0.5, 0.6) is 0 Å². The minimum Gasteiger partial charge on any atom is -0.344 e. The summed E-state index contributed by atoms with van der Waals surface area (Å²) in [6.07, 6.45) is 6.27. The average Bonchev–Trinajstić information content (AvgIpc) is 2.72. The Balaban J connectivity index is 2.13. The van der Waals surface area contributed by atoms with E-state index in [1.165, 1.54) is 0 Å². The van der Waals surface area contributed by atoms with E-state index in [1.54, 1.807) is 11.9 Å². The highest BCUT2D eigenvalue weighted by molar-refractivity contribution is 5.98. The van der Waals surface area contributed by atoms with Gasteiger partial charge in [-0.05, 0) is 25.3 Å². The zero-order chi connectivity index (χ0) is 12.4. The van der Waals surface area contributed by atoms with Crippen molar-refractivity contribution in [1.29, 1.82) is 0 Å². The van der Waals surface area contributed by atoms with Crippen LogP contribution >= 0.6 is 0 Å². The molecule has 2 rings (SSSR count). The molecule has 1 aromatic heterocycles. The van der Waals surface area contributed by atoms with Gasteiger partial charge in [-0.2, -0.15) is 0 Å². The van der Waals surface area contributed by atoms with E-state index in [0.717, 1.165) is 24.0 Å². The molecule has 0 saturated heterocycles. The van der Waals surface area contributed by atoms with Gasteiger partial charge in [0, 0.05) is 38.0 Å². The molecule has 1 aliphatic rings. The molecule has 4 heteroatoms. The highest BCUT2D eigenvalue weighted by Gasteiger charge is 2.19. The minimum absolute atomic E-state index is 0.0762. The highest BCUT2D eigenvalue weighted by Crippen LogP contribution is 2.21. The van der Waals surface area contributed by atoms with Gasteiger partial charge in [-0.3, -0.25) is 9.59 Å². The van der Waals surface area contributed by atoms with Crippen molar-refractivity contribution >= 4 is 11.7 Å². The molecule has 0 unspecified atom stereocenters. The van der Waals surface area contributed by atoms with Gasteiger partial charge in [0.25, 0.3) is 0 Å². The van der Waals surface area contributed by atoms with Crippen LogP contribution in [0.4, 0.5) is 0 Å². The van der Waals surface area contributed by atoms with Crippen molar-refractivity contribution in [3.8, 4) is 0 Å². The second-order valence-corrected chi connectivity index (χ2v) is 4.55. The van der Waals surface area contributed by atoms with Gasteiger partial charge in [0.05, 0.1) is 0 Å². The van der Waals surface area contributed by atoms with E-state index in [0.29, 0.717) is 19.5 Å². The first-order chi connectivity index (χ1) is 8.11. The smallest absolute Gasteiger partial charge is 0.242 e. The SMILES string of the molecule is CCN(C)C(=O)Cn1cc2c(c1)C(=O)CCC2. The van der Waals surface area contributed by atoms with Crippen molar-refractivity contribution in [3.05, 3.63) is 23.5 Å². The van der Waals surface area contributed by atoms with Crippen molar-refractivity contribution in [2.45, 2.75) is 32.7 Å². The monoisotopic (exact) mass is 234 g/mol. The van der Waals surface area contributed by atoms with Gasteiger partial charge in [0.2, 0.25) is 5.91 Å². The summed E-state index contributed by atoms with van der Waals surface area (Å²) in [5.41, 5.74) is 1.90. The first-order valence-electron chi connectivity index (χ1n) is 6.07. The first kappa shape index (κ1) is 11.9. The number of carbonyl (C=O) groups excluding carboxylic acids is 2. The summed E-state index contributed by atoms with van der Waals surface area (Å²) in [5.74, 6) is 0.286. The molecule has 0 aliphatic heterocycles.